The van der Waals surface area contributed by atoms with Gasteiger partial charge in [0.15, 0.2) is 0 Å². The summed E-state index contributed by atoms with van der Waals surface area (Å²) in [6, 6.07) is 3.71. The van der Waals surface area contributed by atoms with Gasteiger partial charge in [0.25, 0.3) is 0 Å². The summed E-state index contributed by atoms with van der Waals surface area (Å²) >= 11 is 3.31. The SMILES string of the molecule is Cc1cc(Br)cc2c1CCN(C(=O)C(F)(F)F)C2. The van der Waals surface area contributed by atoms with Crippen molar-refractivity contribution in [1.82, 2.24) is 4.90 Å². The summed E-state index contributed by atoms with van der Waals surface area (Å²) in [4.78, 5) is 12.0. The molecular weight excluding hydrogens is 311 g/mol. The molecule has 0 radical (unpaired) electrons. The van der Waals surface area contributed by atoms with Crippen LogP contribution in [-0.2, 0) is 17.8 Å². The highest BCUT2D eigenvalue weighted by Gasteiger charge is 2.43. The number of hydrogen-bond donors (Lipinski definition) is 0. The van der Waals surface area contributed by atoms with E-state index < -0.39 is 12.1 Å². The molecule has 0 atom stereocenters. The number of rotatable bonds is 0. The lowest BCUT2D eigenvalue weighted by Crippen LogP contribution is -2.43. The van der Waals surface area contributed by atoms with Crippen molar-refractivity contribution in [3.63, 3.8) is 0 Å². The molecule has 1 aliphatic rings. The average molecular weight is 322 g/mol. The van der Waals surface area contributed by atoms with Gasteiger partial charge in [-0.25, -0.2) is 0 Å². The number of benzene rings is 1. The van der Waals surface area contributed by atoms with Crippen LogP contribution in [0.4, 0.5) is 13.2 Å². The Morgan fingerprint density at radius 3 is 2.67 bits per heavy atom. The predicted octanol–water partition coefficient (Wildman–Crippen LogP) is 3.20. The fraction of sp³-hybridized carbons (Fsp3) is 0.417. The smallest absolute Gasteiger partial charge is 0.330 e. The molecule has 98 valence electrons. The molecule has 0 unspecified atom stereocenters. The van der Waals surface area contributed by atoms with Crippen molar-refractivity contribution in [1.29, 1.82) is 0 Å². The zero-order valence-electron chi connectivity index (χ0n) is 9.64. The van der Waals surface area contributed by atoms with Crippen molar-refractivity contribution >= 4 is 21.8 Å². The Morgan fingerprint density at radius 2 is 2.06 bits per heavy atom. The molecule has 18 heavy (non-hydrogen) atoms. The first kappa shape index (κ1) is 13.4. The maximum absolute atomic E-state index is 12.4. The maximum Gasteiger partial charge on any atom is 0.471 e. The molecular formula is C12H11BrF3NO. The van der Waals surface area contributed by atoms with Crippen LogP contribution >= 0.6 is 15.9 Å². The largest absolute Gasteiger partial charge is 0.471 e. The number of aryl methyl sites for hydroxylation is 1. The molecule has 0 saturated carbocycles. The standard InChI is InChI=1S/C12H11BrF3NO/c1-7-4-9(13)5-8-6-17(3-2-10(7)8)11(18)12(14,15)16/h4-5H,2-3,6H2,1H3. The quantitative estimate of drug-likeness (QED) is 0.718. The zero-order chi connectivity index (χ0) is 13.5. The highest BCUT2D eigenvalue weighted by molar-refractivity contribution is 9.10. The van der Waals surface area contributed by atoms with Crippen molar-refractivity contribution in [3.8, 4) is 0 Å². The molecule has 2 nitrogen and oxygen atoms in total. The minimum Gasteiger partial charge on any atom is -0.330 e. The van der Waals surface area contributed by atoms with Crippen LogP contribution in [0.15, 0.2) is 16.6 Å². The Kier molecular flexibility index (Phi) is 3.40. The van der Waals surface area contributed by atoms with E-state index >= 15 is 0 Å². The lowest BCUT2D eigenvalue weighted by Gasteiger charge is -2.30. The summed E-state index contributed by atoms with van der Waals surface area (Å²) in [5.74, 6) is -1.76. The Morgan fingerprint density at radius 1 is 1.39 bits per heavy atom. The molecule has 1 amide bonds. The number of alkyl halides is 3. The molecule has 0 saturated heterocycles. The van der Waals surface area contributed by atoms with Gasteiger partial charge in [-0.1, -0.05) is 15.9 Å². The summed E-state index contributed by atoms with van der Waals surface area (Å²) in [6.45, 7) is 2.06. The van der Waals surface area contributed by atoms with Gasteiger partial charge in [-0.2, -0.15) is 13.2 Å². The third-order valence-corrected chi connectivity index (χ3v) is 3.51. The van der Waals surface area contributed by atoms with Crippen LogP contribution in [-0.4, -0.2) is 23.5 Å². The third-order valence-electron chi connectivity index (χ3n) is 3.05. The maximum atomic E-state index is 12.4. The molecule has 0 aromatic heterocycles. The Balaban J connectivity index is 2.28. The minimum atomic E-state index is -4.79. The Bertz CT molecular complexity index is 499. The number of carbonyl (C=O) groups is 1. The van der Waals surface area contributed by atoms with E-state index in [0.29, 0.717) is 6.42 Å². The van der Waals surface area contributed by atoms with Gasteiger partial charge >= 0.3 is 12.1 Å². The summed E-state index contributed by atoms with van der Waals surface area (Å²) < 4.78 is 37.9. The second kappa shape index (κ2) is 4.57. The van der Waals surface area contributed by atoms with Crippen LogP contribution in [0.2, 0.25) is 0 Å². The van der Waals surface area contributed by atoms with Crippen LogP contribution in [0, 0.1) is 6.92 Å². The fourth-order valence-electron chi connectivity index (χ4n) is 2.23. The second-order valence-corrected chi connectivity index (χ2v) is 5.25. The predicted molar refractivity (Wildman–Crippen MR) is 64.1 cm³/mol. The fourth-order valence-corrected chi connectivity index (χ4v) is 2.85. The van der Waals surface area contributed by atoms with E-state index in [1.165, 1.54) is 0 Å². The first-order chi connectivity index (χ1) is 8.29. The molecule has 0 fully saturated rings. The number of halogens is 4. The third kappa shape index (κ3) is 2.53. The lowest BCUT2D eigenvalue weighted by molar-refractivity contribution is -0.186. The summed E-state index contributed by atoms with van der Waals surface area (Å²) in [6.07, 6.45) is -4.32. The van der Waals surface area contributed by atoms with E-state index in [1.807, 2.05) is 13.0 Å². The molecule has 0 spiro atoms. The van der Waals surface area contributed by atoms with Crippen molar-refractivity contribution in [3.05, 3.63) is 33.3 Å². The van der Waals surface area contributed by atoms with Gasteiger partial charge < -0.3 is 4.90 Å². The number of carbonyl (C=O) groups excluding carboxylic acids is 1. The van der Waals surface area contributed by atoms with Gasteiger partial charge in [-0.15, -0.1) is 0 Å². The highest BCUT2D eigenvalue weighted by atomic mass is 79.9. The van der Waals surface area contributed by atoms with Crippen molar-refractivity contribution in [2.75, 3.05) is 6.54 Å². The molecule has 2 rings (SSSR count). The van der Waals surface area contributed by atoms with Gasteiger partial charge in [-0.05, 0) is 42.2 Å². The molecule has 1 aromatic rings. The van der Waals surface area contributed by atoms with E-state index in [-0.39, 0.29) is 13.1 Å². The molecule has 6 heteroatoms. The van der Waals surface area contributed by atoms with Crippen LogP contribution in [0.5, 0.6) is 0 Å². The van der Waals surface area contributed by atoms with Gasteiger partial charge in [0.1, 0.15) is 0 Å². The van der Waals surface area contributed by atoms with E-state index in [0.717, 1.165) is 26.1 Å². The van der Waals surface area contributed by atoms with E-state index in [1.54, 1.807) is 6.07 Å². The molecule has 1 heterocycles. The van der Waals surface area contributed by atoms with E-state index in [2.05, 4.69) is 15.9 Å². The molecule has 1 aliphatic heterocycles. The zero-order valence-corrected chi connectivity index (χ0v) is 11.2. The highest BCUT2D eigenvalue weighted by Crippen LogP contribution is 2.28. The van der Waals surface area contributed by atoms with Crippen LogP contribution < -0.4 is 0 Å². The average Bonchev–Trinajstić information content (AvgIpc) is 2.25. The summed E-state index contributed by atoms with van der Waals surface area (Å²) in [7, 11) is 0. The lowest BCUT2D eigenvalue weighted by atomic mass is 9.95. The molecule has 0 bridgehead atoms. The number of nitrogens with zero attached hydrogens (tertiary/aromatic N) is 1. The van der Waals surface area contributed by atoms with Gasteiger partial charge in [0.05, 0.1) is 0 Å². The normalized spacial score (nSPS) is 15.5. The number of fused-ring (bicyclic) bond motifs is 1. The van der Waals surface area contributed by atoms with Crippen LogP contribution in [0.3, 0.4) is 0 Å². The first-order valence-electron chi connectivity index (χ1n) is 5.43. The minimum absolute atomic E-state index is 0.0218. The molecule has 0 N–H and O–H groups in total. The monoisotopic (exact) mass is 321 g/mol. The number of amides is 1. The molecule has 0 aliphatic carbocycles. The van der Waals surface area contributed by atoms with Crippen molar-refractivity contribution in [2.24, 2.45) is 0 Å². The van der Waals surface area contributed by atoms with Gasteiger partial charge in [0, 0.05) is 17.6 Å². The van der Waals surface area contributed by atoms with Crippen LogP contribution in [0.25, 0.3) is 0 Å². The molecule has 1 aromatic carbocycles. The van der Waals surface area contributed by atoms with Gasteiger partial charge in [0.2, 0.25) is 0 Å². The number of hydrogen-bond acceptors (Lipinski definition) is 1. The summed E-state index contributed by atoms with van der Waals surface area (Å²) in [5, 5.41) is 0. The Hall–Kier alpha value is -1.04. The van der Waals surface area contributed by atoms with E-state index in [9.17, 15) is 18.0 Å². The second-order valence-electron chi connectivity index (χ2n) is 4.33. The topological polar surface area (TPSA) is 20.3 Å². The summed E-state index contributed by atoms with van der Waals surface area (Å²) in [5.41, 5.74) is 2.87. The van der Waals surface area contributed by atoms with E-state index in [4.69, 9.17) is 0 Å². The first-order valence-corrected chi connectivity index (χ1v) is 6.22. The van der Waals surface area contributed by atoms with Crippen molar-refractivity contribution in [2.45, 2.75) is 26.1 Å². The van der Waals surface area contributed by atoms with Gasteiger partial charge in [-0.3, -0.25) is 4.79 Å². The van der Waals surface area contributed by atoms with Crippen LogP contribution in [0.1, 0.15) is 16.7 Å². The Labute approximate surface area is 111 Å². The van der Waals surface area contributed by atoms with Crippen molar-refractivity contribution < 1.29 is 18.0 Å².